The minimum Gasteiger partial charge on any atom is -0.315 e. The fourth-order valence-corrected chi connectivity index (χ4v) is 3.00. The summed E-state index contributed by atoms with van der Waals surface area (Å²) in [5, 5.41) is 8.25. The Morgan fingerprint density at radius 3 is 2.28 bits per heavy atom. The molecular weight excluding hydrogens is 222 g/mol. The number of nitrogens with zero attached hydrogens (tertiary/aromatic N) is 2. The van der Waals surface area contributed by atoms with Crippen LogP contribution >= 0.6 is 0 Å². The van der Waals surface area contributed by atoms with E-state index in [-0.39, 0.29) is 0 Å². The second-order valence-electron chi connectivity index (χ2n) is 5.11. The molecular formula is C15H29N3. The predicted octanol–water partition coefficient (Wildman–Crippen LogP) is 3.40. The van der Waals surface area contributed by atoms with E-state index in [1.807, 2.05) is 0 Å². The van der Waals surface area contributed by atoms with Crippen molar-refractivity contribution in [3.8, 4) is 0 Å². The predicted molar refractivity (Wildman–Crippen MR) is 78.2 cm³/mol. The third-order valence-corrected chi connectivity index (χ3v) is 4.00. The molecule has 0 aliphatic carbocycles. The van der Waals surface area contributed by atoms with Crippen molar-refractivity contribution in [2.75, 3.05) is 7.05 Å². The number of hydrogen-bond acceptors (Lipinski definition) is 2. The molecule has 18 heavy (non-hydrogen) atoms. The molecule has 0 aromatic carbocycles. The Labute approximate surface area is 112 Å². The van der Waals surface area contributed by atoms with Crippen molar-refractivity contribution >= 4 is 0 Å². The minimum absolute atomic E-state index is 0.467. The van der Waals surface area contributed by atoms with Crippen LogP contribution in [0.2, 0.25) is 0 Å². The lowest BCUT2D eigenvalue weighted by molar-refractivity contribution is 0.309. The molecule has 0 aliphatic heterocycles. The van der Waals surface area contributed by atoms with Gasteiger partial charge in [-0.15, -0.1) is 0 Å². The molecule has 0 bridgehead atoms. The van der Waals surface area contributed by atoms with E-state index in [9.17, 15) is 0 Å². The molecule has 104 valence electrons. The van der Waals surface area contributed by atoms with Gasteiger partial charge in [-0.25, -0.2) is 0 Å². The van der Waals surface area contributed by atoms with Crippen LogP contribution in [0.15, 0.2) is 0 Å². The molecule has 3 heteroatoms. The van der Waals surface area contributed by atoms with E-state index in [0.717, 1.165) is 12.8 Å². The normalized spacial score (nSPS) is 14.8. The zero-order chi connectivity index (χ0) is 13.7. The summed E-state index contributed by atoms with van der Waals surface area (Å²) in [4.78, 5) is 0. The van der Waals surface area contributed by atoms with Crippen molar-refractivity contribution in [3.63, 3.8) is 0 Å². The van der Waals surface area contributed by atoms with Gasteiger partial charge in [0.05, 0.1) is 11.7 Å². The van der Waals surface area contributed by atoms with Crippen molar-refractivity contribution in [2.45, 2.75) is 72.4 Å². The largest absolute Gasteiger partial charge is 0.315 e. The van der Waals surface area contributed by atoms with Crippen LogP contribution in [0.1, 0.15) is 63.0 Å². The fourth-order valence-electron chi connectivity index (χ4n) is 3.00. The Balaban J connectivity index is 3.08. The molecule has 0 amide bonds. The molecule has 1 heterocycles. The molecule has 1 aromatic heterocycles. The van der Waals surface area contributed by atoms with Crippen LogP contribution < -0.4 is 5.32 Å². The first-order valence-corrected chi connectivity index (χ1v) is 7.32. The maximum atomic E-state index is 4.78. The highest BCUT2D eigenvalue weighted by molar-refractivity contribution is 5.24. The van der Waals surface area contributed by atoms with Gasteiger partial charge in [0.1, 0.15) is 0 Å². The average Bonchev–Trinajstić information content (AvgIpc) is 2.64. The summed E-state index contributed by atoms with van der Waals surface area (Å²) >= 11 is 0. The van der Waals surface area contributed by atoms with E-state index in [0.29, 0.717) is 12.1 Å². The van der Waals surface area contributed by atoms with E-state index in [1.54, 1.807) is 0 Å². The maximum Gasteiger partial charge on any atom is 0.0672 e. The maximum absolute atomic E-state index is 4.78. The number of aromatic nitrogens is 2. The number of rotatable bonds is 7. The molecule has 0 radical (unpaired) electrons. The molecule has 1 N–H and O–H groups in total. The molecule has 0 aliphatic rings. The van der Waals surface area contributed by atoms with Gasteiger partial charge in [0.25, 0.3) is 0 Å². The van der Waals surface area contributed by atoms with Crippen molar-refractivity contribution < 1.29 is 0 Å². The van der Waals surface area contributed by atoms with E-state index in [1.165, 1.54) is 29.8 Å². The number of nitrogens with one attached hydrogen (secondary N) is 1. The van der Waals surface area contributed by atoms with Crippen molar-refractivity contribution in [2.24, 2.45) is 0 Å². The summed E-state index contributed by atoms with van der Waals surface area (Å²) in [6.45, 7) is 11.1. The Bertz CT molecular complexity index is 368. The second-order valence-corrected chi connectivity index (χ2v) is 5.11. The van der Waals surface area contributed by atoms with Crippen LogP contribution in [0.3, 0.4) is 0 Å². The smallest absolute Gasteiger partial charge is 0.0672 e. The summed E-state index contributed by atoms with van der Waals surface area (Å²) in [5.41, 5.74) is 3.96. The highest BCUT2D eigenvalue weighted by Gasteiger charge is 2.23. The van der Waals surface area contributed by atoms with Gasteiger partial charge in [0.2, 0.25) is 0 Å². The monoisotopic (exact) mass is 251 g/mol. The Morgan fingerprint density at radius 1 is 1.22 bits per heavy atom. The van der Waals surface area contributed by atoms with Gasteiger partial charge in [0.15, 0.2) is 0 Å². The average molecular weight is 251 g/mol. The molecule has 2 atom stereocenters. The van der Waals surface area contributed by atoms with Crippen molar-refractivity contribution in [1.82, 2.24) is 15.1 Å². The molecule has 0 saturated carbocycles. The standard InChI is InChI=1S/C15H29N3/c1-7-10-14(16-6)15(9-3)18-12(5)13(8-2)11(4)17-18/h14-16H,7-10H2,1-6H3. The lowest BCUT2D eigenvalue weighted by Gasteiger charge is -2.27. The molecule has 1 rings (SSSR count). The van der Waals surface area contributed by atoms with Gasteiger partial charge in [-0.05, 0) is 45.7 Å². The molecule has 1 aromatic rings. The zero-order valence-electron chi connectivity index (χ0n) is 12.9. The Morgan fingerprint density at radius 2 is 1.89 bits per heavy atom. The SMILES string of the molecule is CCCC(NC)C(CC)n1nc(C)c(CC)c1C. The number of aryl methyl sites for hydroxylation is 1. The summed E-state index contributed by atoms with van der Waals surface area (Å²) in [5.74, 6) is 0. The Hall–Kier alpha value is -0.830. The highest BCUT2D eigenvalue weighted by Crippen LogP contribution is 2.24. The van der Waals surface area contributed by atoms with Crippen molar-refractivity contribution in [3.05, 3.63) is 17.0 Å². The molecule has 2 unspecified atom stereocenters. The van der Waals surface area contributed by atoms with Gasteiger partial charge in [0, 0.05) is 11.7 Å². The quantitative estimate of drug-likeness (QED) is 0.805. The number of likely N-dealkylation sites (N-methyl/N-ethyl adjacent to an activating group) is 1. The minimum atomic E-state index is 0.467. The second kappa shape index (κ2) is 6.93. The first-order chi connectivity index (χ1) is 8.60. The van der Waals surface area contributed by atoms with E-state index in [2.05, 4.69) is 51.7 Å². The van der Waals surface area contributed by atoms with Gasteiger partial charge < -0.3 is 5.32 Å². The number of hydrogen-bond donors (Lipinski definition) is 1. The molecule has 0 fully saturated rings. The third-order valence-electron chi connectivity index (χ3n) is 4.00. The Kier molecular flexibility index (Phi) is 5.86. The third kappa shape index (κ3) is 2.94. The first kappa shape index (κ1) is 15.2. The molecule has 0 spiro atoms. The summed E-state index contributed by atoms with van der Waals surface area (Å²) in [6, 6.07) is 0.983. The first-order valence-electron chi connectivity index (χ1n) is 7.32. The summed E-state index contributed by atoms with van der Waals surface area (Å²) < 4.78 is 2.25. The summed E-state index contributed by atoms with van der Waals surface area (Å²) in [7, 11) is 2.06. The van der Waals surface area contributed by atoms with Gasteiger partial charge in [-0.2, -0.15) is 5.10 Å². The van der Waals surface area contributed by atoms with Gasteiger partial charge in [-0.1, -0.05) is 27.2 Å². The fraction of sp³-hybridized carbons (Fsp3) is 0.800. The zero-order valence-corrected chi connectivity index (χ0v) is 12.9. The summed E-state index contributed by atoms with van der Waals surface area (Å²) in [6.07, 6.45) is 4.61. The van der Waals surface area contributed by atoms with Crippen LogP contribution in [0.5, 0.6) is 0 Å². The van der Waals surface area contributed by atoms with Crippen LogP contribution in [0, 0.1) is 13.8 Å². The molecule has 3 nitrogen and oxygen atoms in total. The lowest BCUT2D eigenvalue weighted by Crippen LogP contribution is -2.36. The topological polar surface area (TPSA) is 29.9 Å². The highest BCUT2D eigenvalue weighted by atomic mass is 15.3. The van der Waals surface area contributed by atoms with Gasteiger partial charge in [-0.3, -0.25) is 4.68 Å². The van der Waals surface area contributed by atoms with Crippen LogP contribution in [0.25, 0.3) is 0 Å². The van der Waals surface area contributed by atoms with E-state index < -0.39 is 0 Å². The molecule has 0 saturated heterocycles. The van der Waals surface area contributed by atoms with E-state index >= 15 is 0 Å². The lowest BCUT2D eigenvalue weighted by atomic mass is 10.0. The van der Waals surface area contributed by atoms with Crippen LogP contribution in [-0.4, -0.2) is 22.9 Å². The van der Waals surface area contributed by atoms with Crippen LogP contribution in [-0.2, 0) is 6.42 Å². The van der Waals surface area contributed by atoms with Crippen LogP contribution in [0.4, 0.5) is 0 Å². The van der Waals surface area contributed by atoms with E-state index in [4.69, 9.17) is 5.10 Å². The van der Waals surface area contributed by atoms with Crippen molar-refractivity contribution in [1.29, 1.82) is 0 Å². The van der Waals surface area contributed by atoms with Gasteiger partial charge >= 0.3 is 0 Å².